The van der Waals surface area contributed by atoms with Crippen molar-refractivity contribution in [1.82, 2.24) is 4.57 Å². The van der Waals surface area contributed by atoms with Crippen LogP contribution in [0.15, 0.2) is 6.07 Å². The fourth-order valence-electron chi connectivity index (χ4n) is 1.22. The van der Waals surface area contributed by atoms with Crippen molar-refractivity contribution in [3.05, 3.63) is 23.0 Å². The molecule has 1 aromatic rings. The lowest BCUT2D eigenvalue weighted by atomic mass is 10.2. The maximum Gasteiger partial charge on any atom is 0.192 e. The molecule has 0 spiro atoms. The number of rotatable bonds is 2. The van der Waals surface area contributed by atoms with Crippen LogP contribution in [0.2, 0.25) is 0 Å². The molecule has 0 aliphatic carbocycles. The zero-order valence-corrected chi connectivity index (χ0v) is 7.72. The molecule has 1 rings (SSSR count). The molecule has 0 bridgehead atoms. The SMILES string of the molecule is Cc1cc(C(=O)CN)n(C)c1C. The van der Waals surface area contributed by atoms with E-state index in [1.165, 1.54) is 0 Å². The number of ketones is 1. The van der Waals surface area contributed by atoms with Crippen LogP contribution in [0, 0.1) is 13.8 Å². The van der Waals surface area contributed by atoms with Crippen LogP contribution in [0.4, 0.5) is 0 Å². The number of carbonyl (C=O) groups is 1. The molecular weight excluding hydrogens is 152 g/mol. The van der Waals surface area contributed by atoms with Crippen LogP contribution in [0.3, 0.4) is 0 Å². The van der Waals surface area contributed by atoms with Gasteiger partial charge in [0.1, 0.15) is 0 Å². The molecule has 1 aromatic heterocycles. The van der Waals surface area contributed by atoms with E-state index >= 15 is 0 Å². The monoisotopic (exact) mass is 166 g/mol. The number of nitrogens with two attached hydrogens (primary N) is 1. The van der Waals surface area contributed by atoms with E-state index in [1.54, 1.807) is 0 Å². The second-order valence-electron chi connectivity index (χ2n) is 2.98. The van der Waals surface area contributed by atoms with Gasteiger partial charge < -0.3 is 10.3 Å². The van der Waals surface area contributed by atoms with Crippen LogP contribution in [0.5, 0.6) is 0 Å². The molecule has 1 heterocycles. The number of hydrogen-bond acceptors (Lipinski definition) is 2. The molecule has 3 nitrogen and oxygen atoms in total. The first kappa shape index (κ1) is 9.00. The maximum absolute atomic E-state index is 11.3. The van der Waals surface area contributed by atoms with E-state index < -0.39 is 0 Å². The van der Waals surface area contributed by atoms with Gasteiger partial charge in [-0.15, -0.1) is 0 Å². The zero-order chi connectivity index (χ0) is 9.30. The van der Waals surface area contributed by atoms with Crippen molar-refractivity contribution in [3.8, 4) is 0 Å². The Morgan fingerprint density at radius 1 is 1.58 bits per heavy atom. The van der Waals surface area contributed by atoms with Crippen LogP contribution in [0.25, 0.3) is 0 Å². The van der Waals surface area contributed by atoms with E-state index in [2.05, 4.69) is 0 Å². The van der Waals surface area contributed by atoms with Crippen molar-refractivity contribution < 1.29 is 4.79 Å². The fourth-order valence-corrected chi connectivity index (χ4v) is 1.22. The highest BCUT2D eigenvalue weighted by Crippen LogP contribution is 2.12. The van der Waals surface area contributed by atoms with Crippen LogP contribution < -0.4 is 5.73 Å². The van der Waals surface area contributed by atoms with E-state index in [9.17, 15) is 4.79 Å². The van der Waals surface area contributed by atoms with Gasteiger partial charge in [0, 0.05) is 12.7 Å². The number of nitrogens with zero attached hydrogens (tertiary/aromatic N) is 1. The van der Waals surface area contributed by atoms with E-state index in [0.717, 1.165) is 11.3 Å². The topological polar surface area (TPSA) is 48.0 Å². The van der Waals surface area contributed by atoms with Crippen molar-refractivity contribution >= 4 is 5.78 Å². The maximum atomic E-state index is 11.3. The predicted octanol–water partition coefficient (Wildman–Crippen LogP) is 0.783. The van der Waals surface area contributed by atoms with Gasteiger partial charge in [0.15, 0.2) is 5.78 Å². The van der Waals surface area contributed by atoms with E-state index in [4.69, 9.17) is 5.73 Å². The second kappa shape index (κ2) is 3.11. The van der Waals surface area contributed by atoms with Crippen LogP contribution >= 0.6 is 0 Å². The van der Waals surface area contributed by atoms with Gasteiger partial charge >= 0.3 is 0 Å². The molecular formula is C9H14N2O. The first-order chi connectivity index (χ1) is 5.57. The van der Waals surface area contributed by atoms with E-state index in [1.807, 2.05) is 31.5 Å². The Kier molecular flexibility index (Phi) is 2.33. The van der Waals surface area contributed by atoms with Gasteiger partial charge in [-0.3, -0.25) is 4.79 Å². The molecule has 0 aliphatic heterocycles. The molecule has 0 saturated heterocycles. The van der Waals surface area contributed by atoms with Crippen LogP contribution in [-0.2, 0) is 7.05 Å². The number of hydrogen-bond donors (Lipinski definition) is 1. The summed E-state index contributed by atoms with van der Waals surface area (Å²) in [5.41, 5.74) is 8.22. The van der Waals surface area contributed by atoms with Crippen molar-refractivity contribution in [2.45, 2.75) is 13.8 Å². The van der Waals surface area contributed by atoms with Crippen LogP contribution in [-0.4, -0.2) is 16.9 Å². The van der Waals surface area contributed by atoms with Crippen molar-refractivity contribution in [3.63, 3.8) is 0 Å². The van der Waals surface area contributed by atoms with Gasteiger partial charge in [-0.25, -0.2) is 0 Å². The standard InChI is InChI=1S/C9H14N2O/c1-6-4-8(9(12)5-10)11(3)7(6)2/h4H,5,10H2,1-3H3. The van der Waals surface area contributed by atoms with E-state index in [0.29, 0.717) is 5.69 Å². The van der Waals surface area contributed by atoms with Crippen molar-refractivity contribution in [2.24, 2.45) is 12.8 Å². The summed E-state index contributed by atoms with van der Waals surface area (Å²) in [7, 11) is 1.88. The lowest BCUT2D eigenvalue weighted by Gasteiger charge is -2.01. The lowest BCUT2D eigenvalue weighted by Crippen LogP contribution is -2.16. The Labute approximate surface area is 72.2 Å². The average Bonchev–Trinajstić information content (AvgIpc) is 2.32. The predicted molar refractivity (Wildman–Crippen MR) is 48.3 cm³/mol. The summed E-state index contributed by atoms with van der Waals surface area (Å²) in [5.74, 6) is -0.00583. The molecule has 0 unspecified atom stereocenters. The Morgan fingerprint density at radius 2 is 2.17 bits per heavy atom. The Morgan fingerprint density at radius 3 is 2.50 bits per heavy atom. The normalized spacial score (nSPS) is 10.3. The molecule has 66 valence electrons. The Bertz CT molecular complexity index is 313. The molecule has 0 aliphatic rings. The summed E-state index contributed by atoms with van der Waals surface area (Å²) in [6.07, 6.45) is 0. The van der Waals surface area contributed by atoms with Crippen LogP contribution in [0.1, 0.15) is 21.7 Å². The molecule has 0 aromatic carbocycles. The van der Waals surface area contributed by atoms with Gasteiger partial charge in [-0.05, 0) is 25.5 Å². The van der Waals surface area contributed by atoms with Gasteiger partial charge in [-0.1, -0.05) is 0 Å². The quantitative estimate of drug-likeness (QED) is 0.660. The first-order valence-electron chi connectivity index (χ1n) is 3.94. The number of aromatic nitrogens is 1. The minimum Gasteiger partial charge on any atom is -0.345 e. The summed E-state index contributed by atoms with van der Waals surface area (Å²) in [5, 5.41) is 0. The number of carbonyl (C=O) groups excluding carboxylic acids is 1. The largest absolute Gasteiger partial charge is 0.345 e. The summed E-state index contributed by atoms with van der Waals surface area (Å²) < 4.78 is 1.88. The number of aryl methyl sites for hydroxylation is 1. The molecule has 0 atom stereocenters. The third kappa shape index (κ3) is 1.28. The fraction of sp³-hybridized carbons (Fsp3) is 0.444. The summed E-state index contributed by atoms with van der Waals surface area (Å²) in [6.45, 7) is 4.06. The zero-order valence-electron chi connectivity index (χ0n) is 7.72. The number of Topliss-reactive ketones (excluding diaryl/α,β-unsaturated/α-hetero) is 1. The van der Waals surface area contributed by atoms with Gasteiger partial charge in [-0.2, -0.15) is 0 Å². The molecule has 12 heavy (non-hydrogen) atoms. The van der Waals surface area contributed by atoms with Gasteiger partial charge in [0.2, 0.25) is 0 Å². The molecule has 3 heteroatoms. The van der Waals surface area contributed by atoms with Crippen molar-refractivity contribution in [1.29, 1.82) is 0 Å². The molecule has 0 fully saturated rings. The minimum atomic E-state index is -0.00583. The van der Waals surface area contributed by atoms with Gasteiger partial charge in [0.25, 0.3) is 0 Å². The van der Waals surface area contributed by atoms with Gasteiger partial charge in [0.05, 0.1) is 12.2 Å². The third-order valence-electron chi connectivity index (χ3n) is 2.26. The summed E-state index contributed by atoms with van der Waals surface area (Å²) in [4.78, 5) is 11.3. The highest BCUT2D eigenvalue weighted by molar-refractivity contribution is 5.96. The minimum absolute atomic E-state index is 0.00583. The Hall–Kier alpha value is -1.09. The molecule has 2 N–H and O–H groups in total. The highest BCUT2D eigenvalue weighted by atomic mass is 16.1. The average molecular weight is 166 g/mol. The molecule has 0 saturated carbocycles. The summed E-state index contributed by atoms with van der Waals surface area (Å²) >= 11 is 0. The smallest absolute Gasteiger partial charge is 0.192 e. The molecule has 0 radical (unpaired) electrons. The second-order valence-corrected chi connectivity index (χ2v) is 2.98. The Balaban J connectivity index is 3.17. The van der Waals surface area contributed by atoms with E-state index in [-0.39, 0.29) is 12.3 Å². The lowest BCUT2D eigenvalue weighted by molar-refractivity contribution is 0.0993. The first-order valence-corrected chi connectivity index (χ1v) is 3.94. The summed E-state index contributed by atoms with van der Waals surface area (Å²) in [6, 6.07) is 1.88. The highest BCUT2D eigenvalue weighted by Gasteiger charge is 2.10. The molecule has 0 amide bonds. The third-order valence-corrected chi connectivity index (χ3v) is 2.26. The van der Waals surface area contributed by atoms with Crippen molar-refractivity contribution in [2.75, 3.05) is 6.54 Å².